The van der Waals surface area contributed by atoms with E-state index in [0.717, 1.165) is 9.80 Å². The predicted octanol–water partition coefficient (Wildman–Crippen LogP) is 3.34. The lowest BCUT2D eigenvalue weighted by atomic mass is 9.96. The number of ether oxygens (including phenoxy) is 1. The number of hydrogen-bond acceptors (Lipinski definition) is 7. The Morgan fingerprint density at radius 2 is 1.50 bits per heavy atom. The molecule has 0 radical (unpaired) electrons. The molecular weight excluding hydrogens is 434 g/mol. The minimum atomic E-state index is -0.845. The van der Waals surface area contributed by atoms with E-state index in [4.69, 9.17) is 4.74 Å². The summed E-state index contributed by atoms with van der Waals surface area (Å²) >= 11 is 0. The van der Waals surface area contributed by atoms with E-state index < -0.39 is 28.9 Å². The highest BCUT2D eigenvalue weighted by atomic mass is 16.5. The number of urea groups is 1. The maximum Gasteiger partial charge on any atom is 0.334 e. The van der Waals surface area contributed by atoms with Gasteiger partial charge in [0.2, 0.25) is 0 Å². The highest BCUT2D eigenvalue weighted by molar-refractivity contribution is 6.31. The van der Waals surface area contributed by atoms with E-state index in [0.29, 0.717) is 30.0 Å². The van der Waals surface area contributed by atoms with Gasteiger partial charge in [0, 0.05) is 35.9 Å². The van der Waals surface area contributed by atoms with Crippen LogP contribution in [0, 0.1) is 11.3 Å². The number of morpholine rings is 1. The molecule has 34 heavy (non-hydrogen) atoms. The largest absolute Gasteiger partial charge is 0.372 e. The third-order valence-corrected chi connectivity index (χ3v) is 5.63. The predicted molar refractivity (Wildman–Crippen MR) is 128 cm³/mol. The number of imide groups is 2. The standard InChI is InChI=1S/C25H33N5O4/c1-15-13-28(14-16(2)34-15)20-18(9-17(11-26)12-27-20)10-19-21(31)29(24(3,4)5)23(33)30(22(19)32)25(6,7)8/h9-10,12,15-16H,13-14H2,1-8H3/t15-,16+. The first-order valence-corrected chi connectivity index (χ1v) is 11.4. The van der Waals surface area contributed by atoms with Crippen LogP contribution in [0.25, 0.3) is 6.08 Å². The summed E-state index contributed by atoms with van der Waals surface area (Å²) in [6.07, 6.45) is 2.86. The van der Waals surface area contributed by atoms with E-state index >= 15 is 0 Å². The van der Waals surface area contributed by atoms with Crippen LogP contribution in [0.4, 0.5) is 10.6 Å². The monoisotopic (exact) mass is 467 g/mol. The Labute approximate surface area is 201 Å². The van der Waals surface area contributed by atoms with Crippen molar-refractivity contribution in [3.63, 3.8) is 0 Å². The van der Waals surface area contributed by atoms with Gasteiger partial charge >= 0.3 is 6.03 Å². The van der Waals surface area contributed by atoms with Crippen molar-refractivity contribution in [3.8, 4) is 6.07 Å². The van der Waals surface area contributed by atoms with Crippen LogP contribution in [0.1, 0.15) is 66.5 Å². The second-order valence-corrected chi connectivity index (χ2v) is 10.9. The fourth-order valence-corrected chi connectivity index (χ4v) is 4.33. The molecule has 0 N–H and O–H groups in total. The second kappa shape index (κ2) is 8.84. The van der Waals surface area contributed by atoms with Crippen molar-refractivity contribution in [2.45, 2.75) is 78.7 Å². The average molecular weight is 468 g/mol. The van der Waals surface area contributed by atoms with E-state index in [2.05, 4.69) is 11.1 Å². The number of barbiturate groups is 1. The van der Waals surface area contributed by atoms with Gasteiger partial charge in [-0.3, -0.25) is 19.4 Å². The fourth-order valence-electron chi connectivity index (χ4n) is 4.33. The summed E-state index contributed by atoms with van der Waals surface area (Å²) in [6.45, 7) is 15.6. The number of carbonyl (C=O) groups excluding carboxylic acids is 3. The van der Waals surface area contributed by atoms with Crippen LogP contribution in [0.2, 0.25) is 0 Å². The lowest BCUT2D eigenvalue weighted by molar-refractivity contribution is -0.141. The van der Waals surface area contributed by atoms with E-state index in [9.17, 15) is 19.6 Å². The third kappa shape index (κ3) is 4.82. The quantitative estimate of drug-likeness (QED) is 0.485. The van der Waals surface area contributed by atoms with Crippen molar-refractivity contribution < 1.29 is 19.1 Å². The van der Waals surface area contributed by atoms with Crippen LogP contribution in [0.3, 0.4) is 0 Å². The van der Waals surface area contributed by atoms with Gasteiger partial charge in [-0.15, -0.1) is 0 Å². The summed E-state index contributed by atoms with van der Waals surface area (Å²) in [5.74, 6) is -0.782. The molecule has 0 aromatic carbocycles. The highest BCUT2D eigenvalue weighted by Gasteiger charge is 2.50. The maximum absolute atomic E-state index is 13.5. The van der Waals surface area contributed by atoms with Crippen LogP contribution in [0.15, 0.2) is 17.8 Å². The molecule has 0 unspecified atom stereocenters. The molecular formula is C25H33N5O4. The molecule has 0 spiro atoms. The van der Waals surface area contributed by atoms with Crippen molar-refractivity contribution in [3.05, 3.63) is 29.0 Å². The summed E-state index contributed by atoms with van der Waals surface area (Å²) in [5.41, 5.74) is -1.06. The van der Waals surface area contributed by atoms with Gasteiger partial charge < -0.3 is 9.64 Å². The number of nitriles is 1. The zero-order valence-electron chi connectivity index (χ0n) is 21.2. The number of aromatic nitrogens is 1. The minimum Gasteiger partial charge on any atom is -0.372 e. The van der Waals surface area contributed by atoms with Gasteiger partial charge in [0.05, 0.1) is 17.8 Å². The molecule has 2 fully saturated rings. The molecule has 1 aromatic heterocycles. The Hall–Kier alpha value is -3.25. The van der Waals surface area contributed by atoms with Crippen LogP contribution in [-0.2, 0) is 14.3 Å². The molecule has 9 heteroatoms. The summed E-state index contributed by atoms with van der Waals surface area (Å²) in [5, 5.41) is 9.45. The zero-order chi connectivity index (χ0) is 25.6. The number of nitrogens with zero attached hydrogens (tertiary/aromatic N) is 5. The van der Waals surface area contributed by atoms with Crippen molar-refractivity contribution >= 4 is 29.7 Å². The van der Waals surface area contributed by atoms with Crippen LogP contribution in [0.5, 0.6) is 0 Å². The van der Waals surface area contributed by atoms with Crippen LogP contribution >= 0.6 is 0 Å². The SMILES string of the molecule is C[C@@H]1CN(c2ncc(C#N)cc2C=C2C(=O)N(C(C)(C)C)C(=O)N(C(C)(C)C)C2=O)C[C@H](C)O1. The van der Waals surface area contributed by atoms with Crippen LogP contribution < -0.4 is 4.90 Å². The molecule has 0 aliphatic carbocycles. The first-order chi connectivity index (χ1) is 15.6. The lowest BCUT2D eigenvalue weighted by Crippen LogP contribution is -2.65. The average Bonchev–Trinajstić information content (AvgIpc) is 2.68. The molecule has 0 bridgehead atoms. The minimum absolute atomic E-state index is 0.0370. The van der Waals surface area contributed by atoms with Gasteiger partial charge in [-0.2, -0.15) is 5.26 Å². The Balaban J connectivity index is 2.20. The molecule has 2 saturated heterocycles. The molecule has 2 atom stereocenters. The zero-order valence-corrected chi connectivity index (χ0v) is 21.2. The molecule has 2 aliphatic rings. The molecule has 182 valence electrons. The first kappa shape index (κ1) is 25.4. The number of amides is 4. The van der Waals surface area contributed by atoms with Gasteiger partial charge in [0.1, 0.15) is 17.5 Å². The van der Waals surface area contributed by atoms with Crippen molar-refractivity contribution in [1.29, 1.82) is 5.26 Å². The smallest absolute Gasteiger partial charge is 0.334 e. The molecule has 0 saturated carbocycles. The van der Waals surface area contributed by atoms with Gasteiger partial charge in [0.25, 0.3) is 11.8 Å². The number of anilines is 1. The number of rotatable bonds is 2. The number of carbonyl (C=O) groups is 3. The third-order valence-electron chi connectivity index (χ3n) is 5.63. The first-order valence-electron chi connectivity index (χ1n) is 11.4. The highest BCUT2D eigenvalue weighted by Crippen LogP contribution is 2.32. The van der Waals surface area contributed by atoms with Gasteiger partial charge in [-0.1, -0.05) is 0 Å². The van der Waals surface area contributed by atoms with Gasteiger partial charge in [0.15, 0.2) is 0 Å². The lowest BCUT2D eigenvalue weighted by Gasteiger charge is -2.45. The Morgan fingerprint density at radius 1 is 1.00 bits per heavy atom. The molecule has 4 amide bonds. The molecule has 1 aromatic rings. The molecule has 3 rings (SSSR count). The Kier molecular flexibility index (Phi) is 6.60. The maximum atomic E-state index is 13.5. The molecule has 3 heterocycles. The van der Waals surface area contributed by atoms with Crippen molar-refractivity contribution in [2.75, 3.05) is 18.0 Å². The summed E-state index contributed by atoms with van der Waals surface area (Å²) < 4.78 is 5.83. The molecule has 9 nitrogen and oxygen atoms in total. The summed E-state index contributed by atoms with van der Waals surface area (Å²) in [4.78, 5) is 49.0. The number of hydrogen-bond donors (Lipinski definition) is 0. The van der Waals surface area contributed by atoms with Crippen LogP contribution in [-0.4, -0.2) is 69.0 Å². The van der Waals surface area contributed by atoms with Gasteiger partial charge in [-0.05, 0) is 67.5 Å². The topological polar surface area (TPSA) is 107 Å². The van der Waals surface area contributed by atoms with E-state index in [1.807, 2.05) is 18.7 Å². The Bertz CT molecular complexity index is 1040. The van der Waals surface area contributed by atoms with Crippen molar-refractivity contribution in [1.82, 2.24) is 14.8 Å². The number of pyridine rings is 1. The Morgan fingerprint density at radius 3 is 1.94 bits per heavy atom. The van der Waals surface area contributed by atoms with Gasteiger partial charge in [-0.25, -0.2) is 9.78 Å². The van der Waals surface area contributed by atoms with E-state index in [-0.39, 0.29) is 17.8 Å². The summed E-state index contributed by atoms with van der Waals surface area (Å²) in [6, 6.07) is 3.03. The molecule has 2 aliphatic heterocycles. The van der Waals surface area contributed by atoms with E-state index in [1.165, 1.54) is 12.3 Å². The normalized spacial score (nSPS) is 22.3. The summed E-state index contributed by atoms with van der Waals surface area (Å²) in [7, 11) is 0. The fraction of sp³-hybridized carbons (Fsp3) is 0.560. The second-order valence-electron chi connectivity index (χ2n) is 10.9. The van der Waals surface area contributed by atoms with E-state index in [1.54, 1.807) is 47.6 Å². The van der Waals surface area contributed by atoms with Crippen molar-refractivity contribution in [2.24, 2.45) is 0 Å².